The maximum atomic E-state index is 5.88. The van der Waals surface area contributed by atoms with Crippen LogP contribution in [-0.4, -0.2) is 20.2 Å². The van der Waals surface area contributed by atoms with Crippen molar-refractivity contribution in [1.82, 2.24) is 20.2 Å². The zero-order valence-electron chi connectivity index (χ0n) is 15.8. The molecule has 4 aromatic rings. The van der Waals surface area contributed by atoms with E-state index in [2.05, 4.69) is 46.1 Å². The van der Waals surface area contributed by atoms with E-state index in [0.717, 1.165) is 34.2 Å². The molecule has 142 valence electrons. The molecule has 28 heavy (non-hydrogen) atoms. The molecule has 1 atom stereocenters. The van der Waals surface area contributed by atoms with E-state index in [1.807, 2.05) is 23.5 Å². The van der Waals surface area contributed by atoms with Crippen LogP contribution in [0.25, 0.3) is 21.7 Å². The van der Waals surface area contributed by atoms with Crippen LogP contribution in [0.2, 0.25) is 0 Å². The quantitative estimate of drug-likeness (QED) is 0.330. The third-order valence-electron chi connectivity index (χ3n) is 5.12. The van der Waals surface area contributed by atoms with Gasteiger partial charge in [0, 0.05) is 15.8 Å². The van der Waals surface area contributed by atoms with Crippen molar-refractivity contribution >= 4 is 33.3 Å². The lowest BCUT2D eigenvalue weighted by molar-refractivity contribution is 0.509. The zero-order chi connectivity index (χ0) is 19.1. The van der Waals surface area contributed by atoms with Crippen LogP contribution in [0.1, 0.15) is 35.2 Å². The van der Waals surface area contributed by atoms with Crippen molar-refractivity contribution in [3.05, 3.63) is 52.5 Å². The first-order valence-electron chi connectivity index (χ1n) is 9.45. The van der Waals surface area contributed by atoms with E-state index in [4.69, 9.17) is 4.42 Å². The van der Waals surface area contributed by atoms with Crippen molar-refractivity contribution < 1.29 is 4.42 Å². The fourth-order valence-corrected chi connectivity index (χ4v) is 5.97. The van der Waals surface area contributed by atoms with Crippen LogP contribution in [0.4, 0.5) is 0 Å². The van der Waals surface area contributed by atoms with Crippen molar-refractivity contribution in [2.24, 2.45) is 5.92 Å². The first kappa shape index (κ1) is 17.8. The summed E-state index contributed by atoms with van der Waals surface area (Å²) >= 11 is 3.48. The Morgan fingerprint density at radius 2 is 2.18 bits per heavy atom. The van der Waals surface area contributed by atoms with Crippen LogP contribution in [0.3, 0.4) is 0 Å². The molecule has 3 heterocycles. The van der Waals surface area contributed by atoms with Gasteiger partial charge in [0.25, 0.3) is 0 Å². The van der Waals surface area contributed by atoms with Gasteiger partial charge in [0.15, 0.2) is 0 Å². The molecule has 0 spiro atoms. The van der Waals surface area contributed by atoms with Crippen LogP contribution in [0.15, 0.2) is 40.0 Å². The number of thiophene rings is 1. The largest absolute Gasteiger partial charge is 0.420 e. The van der Waals surface area contributed by atoms with Gasteiger partial charge in [0.1, 0.15) is 16.2 Å². The van der Waals surface area contributed by atoms with E-state index in [1.165, 1.54) is 27.8 Å². The number of aromatic nitrogens is 4. The molecule has 1 aliphatic rings. The van der Waals surface area contributed by atoms with Crippen LogP contribution in [-0.2, 0) is 18.6 Å². The highest BCUT2D eigenvalue weighted by molar-refractivity contribution is 7.98. The molecular weight excluding hydrogens is 388 g/mol. The van der Waals surface area contributed by atoms with Gasteiger partial charge in [0.05, 0.1) is 5.75 Å². The molecule has 5 nitrogen and oxygen atoms in total. The summed E-state index contributed by atoms with van der Waals surface area (Å²) in [6.45, 7) is 4.38. The van der Waals surface area contributed by atoms with E-state index in [0.29, 0.717) is 17.5 Å². The van der Waals surface area contributed by atoms with Crippen molar-refractivity contribution in [1.29, 1.82) is 0 Å². The molecule has 0 N–H and O–H groups in total. The Balaban J connectivity index is 1.40. The smallest absolute Gasteiger partial charge is 0.247 e. The van der Waals surface area contributed by atoms with Crippen LogP contribution >= 0.6 is 23.1 Å². The number of aryl methyl sites for hydroxylation is 2. The number of nitrogens with zero attached hydrogens (tertiary/aromatic N) is 4. The fraction of sp³-hybridized carbons (Fsp3) is 0.333. The second kappa shape index (κ2) is 7.29. The summed E-state index contributed by atoms with van der Waals surface area (Å²) in [4.78, 5) is 11.7. The van der Waals surface area contributed by atoms with E-state index < -0.39 is 0 Å². The molecule has 5 rings (SSSR count). The summed E-state index contributed by atoms with van der Waals surface area (Å²) in [6.07, 6.45) is 5.18. The van der Waals surface area contributed by atoms with E-state index >= 15 is 0 Å². The maximum absolute atomic E-state index is 5.88. The Morgan fingerprint density at radius 1 is 1.25 bits per heavy atom. The van der Waals surface area contributed by atoms with E-state index in [9.17, 15) is 0 Å². The second-order valence-corrected chi connectivity index (χ2v) is 9.42. The molecular formula is C21H20N4OS2. The average Bonchev–Trinajstić information content (AvgIpc) is 3.30. The summed E-state index contributed by atoms with van der Waals surface area (Å²) < 4.78 is 5.88. The number of hydrogen-bond acceptors (Lipinski definition) is 7. The van der Waals surface area contributed by atoms with Gasteiger partial charge in [-0.15, -0.1) is 21.5 Å². The molecule has 0 bridgehead atoms. The van der Waals surface area contributed by atoms with Gasteiger partial charge in [-0.3, -0.25) is 0 Å². The first-order chi connectivity index (χ1) is 13.7. The van der Waals surface area contributed by atoms with Crippen LogP contribution in [0.5, 0.6) is 0 Å². The molecule has 7 heteroatoms. The summed E-state index contributed by atoms with van der Waals surface area (Å²) in [5.74, 6) is 2.54. The lowest BCUT2D eigenvalue weighted by atomic mass is 9.89. The van der Waals surface area contributed by atoms with Gasteiger partial charge in [-0.1, -0.05) is 36.4 Å². The Kier molecular flexibility index (Phi) is 4.64. The minimum Gasteiger partial charge on any atom is -0.420 e. The number of rotatable bonds is 4. The highest BCUT2D eigenvalue weighted by Crippen LogP contribution is 2.41. The highest BCUT2D eigenvalue weighted by Gasteiger charge is 2.23. The monoisotopic (exact) mass is 408 g/mol. The maximum Gasteiger partial charge on any atom is 0.247 e. The Labute approximate surface area is 171 Å². The molecule has 0 radical (unpaired) electrons. The lowest BCUT2D eigenvalue weighted by Gasteiger charge is -2.18. The summed E-state index contributed by atoms with van der Waals surface area (Å²) in [6, 6.07) is 8.10. The molecule has 0 amide bonds. The molecule has 0 unspecified atom stereocenters. The summed E-state index contributed by atoms with van der Waals surface area (Å²) in [5.41, 5.74) is 3.58. The molecule has 0 saturated heterocycles. The Morgan fingerprint density at radius 3 is 3.07 bits per heavy atom. The molecule has 3 aromatic heterocycles. The molecule has 1 aromatic carbocycles. The van der Waals surface area contributed by atoms with E-state index in [-0.39, 0.29) is 0 Å². The van der Waals surface area contributed by atoms with Crippen molar-refractivity contribution in [2.45, 2.75) is 43.9 Å². The molecule has 0 aliphatic heterocycles. The Bertz CT molecular complexity index is 1150. The topological polar surface area (TPSA) is 64.7 Å². The lowest BCUT2D eigenvalue weighted by Crippen LogP contribution is -2.08. The van der Waals surface area contributed by atoms with Gasteiger partial charge in [0.2, 0.25) is 11.8 Å². The van der Waals surface area contributed by atoms with Gasteiger partial charge >= 0.3 is 0 Å². The zero-order valence-corrected chi connectivity index (χ0v) is 17.4. The molecule has 0 saturated carbocycles. The van der Waals surface area contributed by atoms with Crippen molar-refractivity contribution in [3.8, 4) is 11.5 Å². The van der Waals surface area contributed by atoms with Gasteiger partial charge in [-0.2, -0.15) is 0 Å². The van der Waals surface area contributed by atoms with Gasteiger partial charge in [-0.25, -0.2) is 9.97 Å². The summed E-state index contributed by atoms with van der Waals surface area (Å²) in [5, 5.41) is 10.7. The van der Waals surface area contributed by atoms with E-state index in [1.54, 1.807) is 18.1 Å². The minimum atomic E-state index is 0.564. The minimum absolute atomic E-state index is 0.564. The highest BCUT2D eigenvalue weighted by atomic mass is 32.2. The number of hydrogen-bond donors (Lipinski definition) is 0. The van der Waals surface area contributed by atoms with Crippen LogP contribution < -0.4 is 0 Å². The predicted molar refractivity (Wildman–Crippen MR) is 113 cm³/mol. The van der Waals surface area contributed by atoms with Crippen molar-refractivity contribution in [3.63, 3.8) is 0 Å². The first-order valence-corrected chi connectivity index (χ1v) is 11.2. The number of benzene rings is 1. The predicted octanol–water partition coefficient (Wildman–Crippen LogP) is 5.47. The van der Waals surface area contributed by atoms with Crippen LogP contribution in [0, 0.1) is 12.8 Å². The third kappa shape index (κ3) is 3.33. The number of thioether (sulfide) groups is 1. The van der Waals surface area contributed by atoms with Gasteiger partial charge in [-0.05, 0) is 49.8 Å². The molecule has 1 aliphatic carbocycles. The third-order valence-corrected chi connectivity index (χ3v) is 7.26. The average molecular weight is 409 g/mol. The fourth-order valence-electron chi connectivity index (χ4n) is 3.69. The second-order valence-electron chi connectivity index (χ2n) is 7.37. The van der Waals surface area contributed by atoms with Crippen molar-refractivity contribution in [2.75, 3.05) is 0 Å². The Hall–Kier alpha value is -2.25. The SMILES string of the molecule is Cc1cccc(-c2nnc(CSc3ncnc4sc5c(c34)CC[C@@H](C)C5)o2)c1. The number of fused-ring (bicyclic) bond motifs is 3. The molecule has 0 fully saturated rings. The standard InChI is InChI=1S/C21H20N4OS2/c1-12-4-3-5-14(8-12)19-25-24-17(26-19)10-27-20-18-15-7-6-13(2)9-16(15)28-21(18)23-11-22-20/h3-5,8,11,13H,6-7,9-10H2,1-2H3/t13-/m1/s1. The van der Waals surface area contributed by atoms with Gasteiger partial charge < -0.3 is 4.42 Å². The normalized spacial score (nSPS) is 16.4. The summed E-state index contributed by atoms with van der Waals surface area (Å²) in [7, 11) is 0.